The van der Waals surface area contributed by atoms with Crippen LogP contribution in [0.15, 0.2) is 22.7 Å². The summed E-state index contributed by atoms with van der Waals surface area (Å²) in [5, 5.41) is -0.0580. The summed E-state index contributed by atoms with van der Waals surface area (Å²) in [7, 11) is -4.39. The summed E-state index contributed by atoms with van der Waals surface area (Å²) >= 11 is 3.41. The Morgan fingerprint density at radius 3 is 1.97 bits per heavy atom. The summed E-state index contributed by atoms with van der Waals surface area (Å²) in [6.07, 6.45) is -2.80. The molecule has 1 aliphatic heterocycles. The van der Waals surface area contributed by atoms with E-state index in [4.69, 9.17) is 27.8 Å². The van der Waals surface area contributed by atoms with Crippen LogP contribution in [0.1, 0.15) is 55.4 Å². The second kappa shape index (κ2) is 12.1. The maximum atomic E-state index is 12.2. The highest BCUT2D eigenvalue weighted by atomic mass is 79.9. The molecule has 0 saturated carbocycles. The molecule has 1 aromatic carbocycles. The van der Waals surface area contributed by atoms with Gasteiger partial charge in [0.25, 0.3) is 0 Å². The lowest BCUT2D eigenvalue weighted by Crippen LogP contribution is -2.52. The number of rotatable bonds is 9. The van der Waals surface area contributed by atoms with E-state index in [2.05, 4.69) is 83.7 Å². The van der Waals surface area contributed by atoms with Gasteiger partial charge in [-0.05, 0) is 70.4 Å². The highest BCUT2D eigenvalue weighted by molar-refractivity contribution is 9.10. The third kappa shape index (κ3) is 8.38. The lowest BCUT2D eigenvalue weighted by atomic mass is 10.1. The molecule has 0 spiro atoms. The number of carbonyl (C=O) groups excluding carboxylic acids is 2. The van der Waals surface area contributed by atoms with Gasteiger partial charge in [-0.15, -0.1) is 0 Å². The van der Waals surface area contributed by atoms with Gasteiger partial charge in [0.1, 0.15) is 23.7 Å². The van der Waals surface area contributed by atoms with E-state index in [0.717, 1.165) is 0 Å². The molecule has 1 heterocycles. The molecule has 1 fully saturated rings. The Kier molecular flexibility index (Phi) is 10.5. The van der Waals surface area contributed by atoms with Crippen molar-refractivity contribution in [2.24, 2.45) is 0 Å². The van der Waals surface area contributed by atoms with Gasteiger partial charge in [-0.2, -0.15) is 0 Å². The van der Waals surface area contributed by atoms with Crippen LogP contribution in [0.5, 0.6) is 11.5 Å². The number of carbonyl (C=O) groups is 2. The smallest absolute Gasteiger partial charge is 0.308 e. The first-order valence-corrected chi connectivity index (χ1v) is 19.5. The largest absolute Gasteiger partial charge is 0.461 e. The molecule has 1 saturated heterocycles. The van der Waals surface area contributed by atoms with Crippen molar-refractivity contribution >= 4 is 44.5 Å². The second-order valence-electron chi connectivity index (χ2n) is 12.8. The molecule has 0 amide bonds. The van der Waals surface area contributed by atoms with Crippen molar-refractivity contribution in [3.8, 4) is 11.5 Å². The summed E-state index contributed by atoms with van der Waals surface area (Å²) in [6, 6.07) is 4.97. The Morgan fingerprint density at radius 2 is 1.50 bits per heavy atom. The van der Waals surface area contributed by atoms with E-state index in [9.17, 15) is 9.59 Å². The van der Waals surface area contributed by atoms with E-state index in [0.29, 0.717) is 22.6 Å². The average molecular weight is 634 g/mol. The van der Waals surface area contributed by atoms with Crippen molar-refractivity contribution in [1.82, 2.24) is 0 Å². The van der Waals surface area contributed by atoms with Crippen LogP contribution in [0.4, 0.5) is 0 Å². The van der Waals surface area contributed by atoms with Crippen LogP contribution in [0.25, 0.3) is 0 Å². The number of benzene rings is 1. The van der Waals surface area contributed by atoms with Gasteiger partial charge in [0.15, 0.2) is 22.7 Å². The normalized spacial score (nSPS) is 22.8. The SMILES string of the molecule is CC(=O)Oc1ccc(O[C@H]2O[C@H](CO[Si](C)(C)C(C)(C)C)[C@@H](O[Si](C)(C)C(C)(C)C)[C@@H]2OC(C)=O)cc1Br. The molecule has 11 heteroatoms. The van der Waals surface area contributed by atoms with Gasteiger partial charge in [-0.1, -0.05) is 41.5 Å². The number of ether oxygens (including phenoxy) is 4. The number of hydrogen-bond donors (Lipinski definition) is 0. The minimum Gasteiger partial charge on any atom is -0.461 e. The fourth-order valence-electron chi connectivity index (χ4n) is 3.33. The summed E-state index contributed by atoms with van der Waals surface area (Å²) in [6.45, 7) is 24.7. The van der Waals surface area contributed by atoms with Gasteiger partial charge >= 0.3 is 11.9 Å². The van der Waals surface area contributed by atoms with Crippen molar-refractivity contribution in [1.29, 1.82) is 0 Å². The topological polar surface area (TPSA) is 89.5 Å². The lowest BCUT2D eigenvalue weighted by Gasteiger charge is -2.41. The molecule has 4 atom stereocenters. The summed E-state index contributed by atoms with van der Waals surface area (Å²) < 4.78 is 37.5. The fraction of sp³-hybridized carbons (Fsp3) is 0.704. The number of esters is 2. The van der Waals surface area contributed by atoms with E-state index < -0.39 is 53.2 Å². The van der Waals surface area contributed by atoms with Crippen molar-refractivity contribution in [2.45, 2.75) is 116 Å². The number of hydrogen-bond acceptors (Lipinski definition) is 8. The van der Waals surface area contributed by atoms with E-state index in [1.807, 2.05) is 0 Å². The Bertz CT molecular complexity index is 1000. The lowest BCUT2D eigenvalue weighted by molar-refractivity contribution is -0.165. The summed E-state index contributed by atoms with van der Waals surface area (Å²) in [4.78, 5) is 23.6. The fourth-order valence-corrected chi connectivity index (χ4v) is 6.10. The number of halogens is 1. The first-order valence-electron chi connectivity index (χ1n) is 12.9. The molecule has 8 nitrogen and oxygen atoms in total. The third-order valence-electron chi connectivity index (χ3n) is 7.63. The molecule has 0 N–H and O–H groups in total. The molecule has 216 valence electrons. The molecule has 0 aliphatic carbocycles. The van der Waals surface area contributed by atoms with Crippen molar-refractivity contribution in [2.75, 3.05) is 6.61 Å². The Balaban J connectivity index is 2.42. The van der Waals surface area contributed by atoms with Crippen LogP contribution in [-0.4, -0.2) is 59.8 Å². The third-order valence-corrected chi connectivity index (χ3v) is 17.2. The molecule has 38 heavy (non-hydrogen) atoms. The standard InChI is InChI=1S/C27H45BrO8Si2/c1-17(29)32-21-14-13-19(15-20(21)28)34-25-24(33-18(2)30)23(36-38(11,12)27(6,7)8)22(35-25)16-31-37(9,10)26(3,4)5/h13-15,22-25H,16H2,1-12H3/t22-,23-,24+,25+/m1/s1. The summed E-state index contributed by atoms with van der Waals surface area (Å²) in [5.74, 6) is -0.0579. The monoisotopic (exact) mass is 632 g/mol. The molecule has 0 radical (unpaired) electrons. The van der Waals surface area contributed by atoms with Crippen molar-refractivity contribution in [3.63, 3.8) is 0 Å². The molecule has 0 aromatic heterocycles. The van der Waals surface area contributed by atoms with E-state index in [-0.39, 0.29) is 10.1 Å². The highest BCUT2D eigenvalue weighted by Crippen LogP contribution is 2.42. The maximum Gasteiger partial charge on any atom is 0.308 e. The zero-order valence-electron chi connectivity index (χ0n) is 24.9. The van der Waals surface area contributed by atoms with Gasteiger partial charge in [0.2, 0.25) is 6.29 Å². The first kappa shape index (κ1) is 33.0. The zero-order chi connectivity index (χ0) is 29.3. The van der Waals surface area contributed by atoms with Crippen LogP contribution in [0.3, 0.4) is 0 Å². The highest BCUT2D eigenvalue weighted by Gasteiger charge is 2.53. The Labute approximate surface area is 238 Å². The van der Waals surface area contributed by atoms with Gasteiger partial charge in [-0.3, -0.25) is 9.59 Å². The predicted molar refractivity (Wildman–Crippen MR) is 156 cm³/mol. The first-order chi connectivity index (χ1) is 17.1. The van der Waals surface area contributed by atoms with Crippen LogP contribution < -0.4 is 9.47 Å². The molecule has 0 unspecified atom stereocenters. The predicted octanol–water partition coefficient (Wildman–Crippen LogP) is 6.82. The molecule has 1 aliphatic rings. The van der Waals surface area contributed by atoms with Crippen LogP contribution in [0.2, 0.25) is 36.3 Å². The molecular formula is C27H45BrO8Si2. The van der Waals surface area contributed by atoms with Gasteiger partial charge < -0.3 is 27.8 Å². The average Bonchev–Trinajstić information content (AvgIpc) is 3.02. The quantitative estimate of drug-likeness (QED) is 0.166. The van der Waals surface area contributed by atoms with E-state index >= 15 is 0 Å². The minimum atomic E-state index is -2.30. The molecule has 1 aromatic rings. The Morgan fingerprint density at radius 1 is 0.921 bits per heavy atom. The molecule has 2 rings (SSSR count). The van der Waals surface area contributed by atoms with Crippen molar-refractivity contribution in [3.05, 3.63) is 22.7 Å². The van der Waals surface area contributed by atoms with Crippen molar-refractivity contribution < 1.29 is 37.4 Å². The van der Waals surface area contributed by atoms with Crippen LogP contribution >= 0.6 is 15.9 Å². The zero-order valence-corrected chi connectivity index (χ0v) is 28.5. The van der Waals surface area contributed by atoms with Gasteiger partial charge in [-0.25, -0.2) is 0 Å². The molecule has 0 bridgehead atoms. The van der Waals surface area contributed by atoms with E-state index in [1.165, 1.54) is 13.8 Å². The van der Waals surface area contributed by atoms with Crippen LogP contribution in [-0.2, 0) is 27.9 Å². The minimum absolute atomic E-state index is 0.0164. The van der Waals surface area contributed by atoms with Gasteiger partial charge in [0, 0.05) is 13.8 Å². The maximum absolute atomic E-state index is 12.2. The van der Waals surface area contributed by atoms with E-state index in [1.54, 1.807) is 18.2 Å². The Hall–Kier alpha value is -1.25. The van der Waals surface area contributed by atoms with Gasteiger partial charge in [0.05, 0.1) is 11.1 Å². The molecular weight excluding hydrogens is 588 g/mol. The summed E-state index contributed by atoms with van der Waals surface area (Å²) in [5.41, 5.74) is 0. The van der Waals surface area contributed by atoms with Crippen LogP contribution in [0, 0.1) is 0 Å². The second-order valence-corrected chi connectivity index (χ2v) is 23.3.